The largest absolute Gasteiger partial charge is 0.478 e. The van der Waals surface area contributed by atoms with Crippen LogP contribution in [0.4, 0.5) is 5.82 Å². The third kappa shape index (κ3) is 6.53. The van der Waals surface area contributed by atoms with Crippen LogP contribution >= 0.6 is 0 Å². The number of aromatic carboxylic acids is 1. The highest BCUT2D eigenvalue weighted by molar-refractivity contribution is 6.04. The van der Waals surface area contributed by atoms with Crippen molar-refractivity contribution in [2.24, 2.45) is 0 Å². The molecule has 3 aromatic rings. The maximum atomic E-state index is 12.8. The predicted octanol–water partition coefficient (Wildman–Crippen LogP) is 4.22. The number of carboxylic acid groups (broad SMARTS) is 1. The molecule has 2 heterocycles. The number of carboxylic acids is 1. The second kappa shape index (κ2) is 10.4. The molecule has 0 aliphatic rings. The van der Waals surface area contributed by atoms with Gasteiger partial charge in [0.2, 0.25) is 11.8 Å². The lowest BCUT2D eigenvalue weighted by molar-refractivity contribution is 0.0696. The number of anilines is 1. The van der Waals surface area contributed by atoms with Crippen molar-refractivity contribution in [2.45, 2.75) is 39.4 Å². The van der Waals surface area contributed by atoms with Crippen molar-refractivity contribution >= 4 is 17.7 Å². The quantitative estimate of drug-likeness (QED) is 0.517. The van der Waals surface area contributed by atoms with Crippen molar-refractivity contribution in [3.8, 4) is 11.8 Å². The number of aromatic nitrogens is 2. The van der Waals surface area contributed by atoms with Crippen molar-refractivity contribution in [3.63, 3.8) is 0 Å². The molecule has 8 heteroatoms. The maximum absolute atomic E-state index is 12.8. The van der Waals surface area contributed by atoms with Gasteiger partial charge in [0.15, 0.2) is 0 Å². The zero-order valence-electron chi connectivity index (χ0n) is 18.1. The van der Waals surface area contributed by atoms with Crippen molar-refractivity contribution in [3.05, 3.63) is 77.5 Å². The van der Waals surface area contributed by atoms with Crippen molar-refractivity contribution < 1.29 is 24.2 Å². The molecule has 1 atom stereocenters. The highest BCUT2D eigenvalue weighted by Gasteiger charge is 2.16. The lowest BCUT2D eigenvalue weighted by Gasteiger charge is -2.17. The van der Waals surface area contributed by atoms with E-state index in [0.717, 1.165) is 5.56 Å². The van der Waals surface area contributed by atoms with Gasteiger partial charge in [0, 0.05) is 24.8 Å². The average Bonchev–Trinajstić information content (AvgIpc) is 2.74. The molecule has 1 unspecified atom stereocenters. The Hall–Kier alpha value is -3.94. The monoisotopic (exact) mass is 435 g/mol. The molecule has 0 fully saturated rings. The van der Waals surface area contributed by atoms with E-state index in [0.29, 0.717) is 6.42 Å². The van der Waals surface area contributed by atoms with Gasteiger partial charge in [-0.15, -0.1) is 0 Å². The van der Waals surface area contributed by atoms with Crippen LogP contribution in [0.5, 0.6) is 11.8 Å². The molecule has 0 radical (unpaired) electrons. The summed E-state index contributed by atoms with van der Waals surface area (Å²) < 4.78 is 11.7. The Bertz CT molecular complexity index is 1070. The van der Waals surface area contributed by atoms with Gasteiger partial charge in [-0.1, -0.05) is 30.3 Å². The van der Waals surface area contributed by atoms with Gasteiger partial charge >= 0.3 is 5.97 Å². The van der Waals surface area contributed by atoms with Crippen molar-refractivity contribution in [1.29, 1.82) is 0 Å². The molecule has 0 spiro atoms. The first-order valence-electron chi connectivity index (χ1n) is 10.2. The Kier molecular flexibility index (Phi) is 7.38. The standard InChI is InChI=1S/C24H25N3O5/c1-15(2)31-21-12-19(23(28)26-20-10-9-18(14-25-20)24(29)30)13-22(27-21)32-16(3)11-17-7-5-4-6-8-17/h4-10,12-16H,11H2,1-3H3,(H,29,30)(H,25,26,28). The van der Waals surface area contributed by atoms with E-state index in [9.17, 15) is 9.59 Å². The summed E-state index contributed by atoms with van der Waals surface area (Å²) in [7, 11) is 0. The molecule has 32 heavy (non-hydrogen) atoms. The van der Waals surface area contributed by atoms with E-state index in [1.807, 2.05) is 51.1 Å². The van der Waals surface area contributed by atoms with Gasteiger partial charge in [-0.05, 0) is 38.5 Å². The summed E-state index contributed by atoms with van der Waals surface area (Å²) >= 11 is 0. The summed E-state index contributed by atoms with van der Waals surface area (Å²) in [5.74, 6) is -0.777. The summed E-state index contributed by atoms with van der Waals surface area (Å²) in [4.78, 5) is 32.1. The Morgan fingerprint density at radius 2 is 1.66 bits per heavy atom. The SMILES string of the molecule is CC(C)Oc1cc(C(=O)Nc2ccc(C(=O)O)cn2)cc(OC(C)Cc2ccccc2)n1. The summed E-state index contributed by atoms with van der Waals surface area (Å²) in [6.07, 6.45) is 1.54. The van der Waals surface area contributed by atoms with E-state index in [4.69, 9.17) is 14.6 Å². The first-order chi connectivity index (χ1) is 15.3. The number of nitrogens with one attached hydrogen (secondary N) is 1. The molecule has 2 aromatic heterocycles. The van der Waals surface area contributed by atoms with E-state index in [1.54, 1.807) is 0 Å². The third-order valence-corrected chi connectivity index (χ3v) is 4.34. The van der Waals surface area contributed by atoms with E-state index in [1.165, 1.54) is 30.5 Å². The highest BCUT2D eigenvalue weighted by atomic mass is 16.5. The number of carbonyl (C=O) groups is 2. The molecule has 0 saturated carbocycles. The van der Waals surface area contributed by atoms with Crippen molar-refractivity contribution in [1.82, 2.24) is 9.97 Å². The fraction of sp³-hybridized carbons (Fsp3) is 0.250. The lowest BCUT2D eigenvalue weighted by atomic mass is 10.1. The second-order valence-corrected chi connectivity index (χ2v) is 7.51. The van der Waals surface area contributed by atoms with Crippen LogP contribution in [0.2, 0.25) is 0 Å². The molecule has 3 rings (SSSR count). The summed E-state index contributed by atoms with van der Waals surface area (Å²) in [5, 5.41) is 11.6. The smallest absolute Gasteiger partial charge is 0.337 e. The Labute approximate surface area is 186 Å². The van der Waals surface area contributed by atoms with E-state index in [-0.39, 0.29) is 40.9 Å². The van der Waals surface area contributed by atoms with Gasteiger partial charge in [0.1, 0.15) is 11.9 Å². The number of amides is 1. The summed E-state index contributed by atoms with van der Waals surface area (Å²) in [5.41, 5.74) is 1.44. The Morgan fingerprint density at radius 1 is 0.969 bits per heavy atom. The molecule has 0 aliphatic carbocycles. The molecule has 1 aromatic carbocycles. The average molecular weight is 435 g/mol. The number of carbonyl (C=O) groups excluding carboxylic acids is 1. The van der Waals surface area contributed by atoms with Crippen LogP contribution in [-0.4, -0.2) is 39.2 Å². The molecule has 0 aliphatic heterocycles. The van der Waals surface area contributed by atoms with Crippen molar-refractivity contribution in [2.75, 3.05) is 5.32 Å². The van der Waals surface area contributed by atoms with Crippen LogP contribution in [-0.2, 0) is 6.42 Å². The van der Waals surface area contributed by atoms with Crippen LogP contribution in [0.25, 0.3) is 0 Å². The number of pyridine rings is 2. The topological polar surface area (TPSA) is 111 Å². The second-order valence-electron chi connectivity index (χ2n) is 7.51. The van der Waals surface area contributed by atoms with Gasteiger partial charge in [-0.3, -0.25) is 4.79 Å². The Morgan fingerprint density at radius 3 is 2.25 bits per heavy atom. The molecular weight excluding hydrogens is 410 g/mol. The van der Waals surface area contributed by atoms with Crippen LogP contribution in [0, 0.1) is 0 Å². The highest BCUT2D eigenvalue weighted by Crippen LogP contribution is 2.22. The summed E-state index contributed by atoms with van der Waals surface area (Å²) in [6.45, 7) is 5.65. The molecule has 8 nitrogen and oxygen atoms in total. The van der Waals surface area contributed by atoms with Crippen LogP contribution in [0.3, 0.4) is 0 Å². The van der Waals surface area contributed by atoms with Gasteiger partial charge in [0.25, 0.3) is 5.91 Å². The molecule has 0 saturated heterocycles. The number of hydrogen-bond donors (Lipinski definition) is 2. The number of benzene rings is 1. The zero-order chi connectivity index (χ0) is 23.1. The van der Waals surface area contributed by atoms with E-state index in [2.05, 4.69) is 15.3 Å². The molecule has 166 valence electrons. The van der Waals surface area contributed by atoms with Gasteiger partial charge in [0.05, 0.1) is 17.2 Å². The van der Waals surface area contributed by atoms with Crippen LogP contribution in [0.15, 0.2) is 60.8 Å². The van der Waals surface area contributed by atoms with Gasteiger partial charge in [-0.2, -0.15) is 4.98 Å². The third-order valence-electron chi connectivity index (χ3n) is 4.34. The van der Waals surface area contributed by atoms with Crippen LogP contribution in [0.1, 0.15) is 47.1 Å². The molecule has 0 bridgehead atoms. The number of rotatable bonds is 9. The van der Waals surface area contributed by atoms with Gasteiger partial charge in [-0.25, -0.2) is 9.78 Å². The van der Waals surface area contributed by atoms with E-state index >= 15 is 0 Å². The minimum Gasteiger partial charge on any atom is -0.478 e. The molecule has 1 amide bonds. The Balaban J connectivity index is 1.77. The minimum atomic E-state index is -1.09. The first kappa shape index (κ1) is 22.7. The fourth-order valence-corrected chi connectivity index (χ4v) is 2.95. The first-order valence-corrected chi connectivity index (χ1v) is 10.2. The van der Waals surface area contributed by atoms with Crippen LogP contribution < -0.4 is 14.8 Å². The minimum absolute atomic E-state index is 0.0302. The molecular formula is C24H25N3O5. The number of hydrogen-bond acceptors (Lipinski definition) is 6. The zero-order valence-corrected chi connectivity index (χ0v) is 18.1. The maximum Gasteiger partial charge on any atom is 0.337 e. The number of ether oxygens (including phenoxy) is 2. The number of nitrogens with zero attached hydrogens (tertiary/aromatic N) is 2. The predicted molar refractivity (Wildman–Crippen MR) is 119 cm³/mol. The van der Waals surface area contributed by atoms with Gasteiger partial charge < -0.3 is 19.9 Å². The van der Waals surface area contributed by atoms with E-state index < -0.39 is 11.9 Å². The fourth-order valence-electron chi connectivity index (χ4n) is 2.95. The molecule has 2 N–H and O–H groups in total. The lowest BCUT2D eigenvalue weighted by Crippen LogP contribution is -2.18. The normalized spacial score (nSPS) is 11.6. The summed E-state index contributed by atoms with van der Waals surface area (Å²) in [6, 6.07) is 15.8.